The Labute approximate surface area is 166 Å². The van der Waals surface area contributed by atoms with Crippen molar-refractivity contribution in [1.29, 1.82) is 0 Å². The summed E-state index contributed by atoms with van der Waals surface area (Å²) in [5.74, 6) is 1.68. The molecule has 1 saturated heterocycles. The number of carbonyl (C=O) groups is 2. The third-order valence-electron chi connectivity index (χ3n) is 5.49. The molecule has 6 nitrogen and oxygen atoms in total. The van der Waals surface area contributed by atoms with Crippen molar-refractivity contribution in [2.45, 2.75) is 53.1 Å². The third kappa shape index (κ3) is 4.74. The lowest BCUT2D eigenvalue weighted by Crippen LogP contribution is -2.49. The van der Waals surface area contributed by atoms with Crippen LogP contribution in [0.1, 0.15) is 42.4 Å². The molecule has 0 saturated carbocycles. The van der Waals surface area contributed by atoms with E-state index >= 15 is 0 Å². The smallest absolute Gasteiger partial charge is 0.322 e. The summed E-state index contributed by atoms with van der Waals surface area (Å²) in [6.07, 6.45) is 1.53. The molecule has 0 atom stereocenters. The average molecular weight is 383 g/mol. The van der Waals surface area contributed by atoms with E-state index in [0.717, 1.165) is 35.6 Å². The van der Waals surface area contributed by atoms with Crippen LogP contribution < -0.4 is 5.32 Å². The molecule has 0 radical (unpaired) electrons. The highest BCUT2D eigenvalue weighted by Gasteiger charge is 2.29. The molecule has 1 fully saturated rings. The molecule has 2 heterocycles. The van der Waals surface area contributed by atoms with Crippen LogP contribution in [0, 0.1) is 20.8 Å². The number of urea groups is 1. The van der Waals surface area contributed by atoms with E-state index < -0.39 is 0 Å². The Bertz CT molecular complexity index is 850. The topological polar surface area (TPSA) is 65.8 Å². The molecule has 2 aromatic rings. The van der Waals surface area contributed by atoms with Crippen molar-refractivity contribution >= 4 is 17.6 Å². The summed E-state index contributed by atoms with van der Waals surface area (Å²) < 4.78 is 5.71. The zero-order chi connectivity index (χ0) is 20.3. The lowest BCUT2D eigenvalue weighted by molar-refractivity contribution is -0.130. The van der Waals surface area contributed by atoms with Gasteiger partial charge in [-0.2, -0.15) is 0 Å². The standard InChI is InChI=1S/C22H29N3O3/c1-15-5-7-19(13-16(15)2)23-22(27)25(14-21-8-6-17(3)28-21)20-9-11-24(12-10-20)18(4)26/h5-8,13,20H,9-12,14H2,1-4H3,(H,23,27). The van der Waals surface area contributed by atoms with E-state index in [4.69, 9.17) is 4.42 Å². The maximum Gasteiger partial charge on any atom is 0.322 e. The number of amides is 3. The van der Waals surface area contributed by atoms with Gasteiger partial charge in [0.1, 0.15) is 11.5 Å². The molecule has 28 heavy (non-hydrogen) atoms. The average Bonchev–Trinajstić information content (AvgIpc) is 3.08. The van der Waals surface area contributed by atoms with Crippen LogP contribution in [-0.4, -0.2) is 40.9 Å². The van der Waals surface area contributed by atoms with E-state index in [2.05, 4.69) is 12.2 Å². The highest BCUT2D eigenvalue weighted by molar-refractivity contribution is 5.89. The van der Waals surface area contributed by atoms with Gasteiger partial charge >= 0.3 is 6.03 Å². The van der Waals surface area contributed by atoms with E-state index in [1.54, 1.807) is 6.92 Å². The molecule has 150 valence electrons. The van der Waals surface area contributed by atoms with Crippen molar-refractivity contribution < 1.29 is 14.0 Å². The number of hydrogen-bond donors (Lipinski definition) is 1. The summed E-state index contributed by atoms with van der Waals surface area (Å²) in [5.41, 5.74) is 3.12. The number of aryl methyl sites for hydroxylation is 3. The van der Waals surface area contributed by atoms with Crippen LogP contribution in [-0.2, 0) is 11.3 Å². The maximum absolute atomic E-state index is 13.1. The molecule has 1 aromatic heterocycles. The number of likely N-dealkylation sites (tertiary alicyclic amines) is 1. The van der Waals surface area contributed by atoms with Gasteiger partial charge in [-0.1, -0.05) is 6.07 Å². The molecule has 0 unspecified atom stereocenters. The molecule has 1 aliphatic heterocycles. The van der Waals surface area contributed by atoms with Crippen molar-refractivity contribution in [3.63, 3.8) is 0 Å². The number of furan rings is 1. The van der Waals surface area contributed by atoms with Gasteiger partial charge in [0.15, 0.2) is 0 Å². The first-order chi connectivity index (χ1) is 13.3. The quantitative estimate of drug-likeness (QED) is 0.858. The Kier molecular flexibility index (Phi) is 6.07. The summed E-state index contributed by atoms with van der Waals surface area (Å²) in [5, 5.41) is 3.03. The number of nitrogens with zero attached hydrogens (tertiary/aromatic N) is 2. The zero-order valence-electron chi connectivity index (χ0n) is 17.1. The number of carbonyl (C=O) groups excluding carboxylic acids is 2. The van der Waals surface area contributed by atoms with Gasteiger partial charge in [0, 0.05) is 31.7 Å². The first-order valence-electron chi connectivity index (χ1n) is 9.79. The van der Waals surface area contributed by atoms with Crippen LogP contribution in [0.2, 0.25) is 0 Å². The molecule has 3 amide bonds. The van der Waals surface area contributed by atoms with Gasteiger partial charge < -0.3 is 19.5 Å². The van der Waals surface area contributed by atoms with Gasteiger partial charge in [-0.05, 0) is 69.0 Å². The fourth-order valence-electron chi connectivity index (χ4n) is 3.61. The van der Waals surface area contributed by atoms with Crippen LogP contribution in [0.3, 0.4) is 0 Å². The van der Waals surface area contributed by atoms with E-state index in [0.29, 0.717) is 19.6 Å². The summed E-state index contributed by atoms with van der Waals surface area (Å²) in [6.45, 7) is 9.33. The third-order valence-corrected chi connectivity index (χ3v) is 5.49. The summed E-state index contributed by atoms with van der Waals surface area (Å²) >= 11 is 0. The van der Waals surface area contributed by atoms with Gasteiger partial charge in [0.05, 0.1) is 6.54 Å². The number of benzene rings is 1. The Morgan fingerprint density at radius 1 is 1.11 bits per heavy atom. The molecular formula is C22H29N3O3. The van der Waals surface area contributed by atoms with Gasteiger partial charge in [-0.15, -0.1) is 0 Å². The summed E-state index contributed by atoms with van der Waals surface area (Å²) in [4.78, 5) is 28.4. The number of nitrogens with one attached hydrogen (secondary N) is 1. The minimum atomic E-state index is -0.140. The lowest BCUT2D eigenvalue weighted by atomic mass is 10.0. The second-order valence-electron chi connectivity index (χ2n) is 7.61. The van der Waals surface area contributed by atoms with E-state index in [9.17, 15) is 9.59 Å². The molecule has 1 aromatic carbocycles. The van der Waals surface area contributed by atoms with Gasteiger partial charge in [-0.25, -0.2) is 4.79 Å². The van der Waals surface area contributed by atoms with E-state index in [1.165, 1.54) is 5.56 Å². The highest BCUT2D eigenvalue weighted by atomic mass is 16.3. The van der Waals surface area contributed by atoms with Crippen LogP contribution >= 0.6 is 0 Å². The Morgan fingerprint density at radius 2 is 1.82 bits per heavy atom. The van der Waals surface area contributed by atoms with Gasteiger partial charge in [0.2, 0.25) is 5.91 Å². The van der Waals surface area contributed by atoms with Crippen LogP contribution in [0.15, 0.2) is 34.7 Å². The number of piperidine rings is 1. The predicted molar refractivity (Wildman–Crippen MR) is 109 cm³/mol. The van der Waals surface area contributed by atoms with Crippen LogP contribution in [0.5, 0.6) is 0 Å². The fraction of sp³-hybridized carbons (Fsp3) is 0.455. The number of anilines is 1. The maximum atomic E-state index is 13.1. The highest BCUT2D eigenvalue weighted by Crippen LogP contribution is 2.22. The second kappa shape index (κ2) is 8.50. The molecule has 3 rings (SSSR count). The van der Waals surface area contributed by atoms with Crippen molar-refractivity contribution in [3.05, 3.63) is 53.0 Å². The van der Waals surface area contributed by atoms with Crippen LogP contribution in [0.4, 0.5) is 10.5 Å². The SMILES string of the molecule is CC(=O)N1CCC(N(Cc2ccc(C)o2)C(=O)Nc2ccc(C)c(C)c2)CC1. The predicted octanol–water partition coefficient (Wildman–Crippen LogP) is 4.25. The minimum absolute atomic E-state index is 0.0625. The molecule has 0 aliphatic carbocycles. The Morgan fingerprint density at radius 3 is 2.39 bits per heavy atom. The zero-order valence-corrected chi connectivity index (χ0v) is 17.1. The lowest BCUT2D eigenvalue weighted by Gasteiger charge is -2.38. The molecule has 1 N–H and O–H groups in total. The summed E-state index contributed by atoms with van der Waals surface area (Å²) in [7, 11) is 0. The Balaban J connectivity index is 1.75. The second-order valence-corrected chi connectivity index (χ2v) is 7.61. The molecule has 6 heteroatoms. The summed E-state index contributed by atoms with van der Waals surface area (Å²) in [6, 6.07) is 9.67. The van der Waals surface area contributed by atoms with Crippen LogP contribution in [0.25, 0.3) is 0 Å². The fourth-order valence-corrected chi connectivity index (χ4v) is 3.61. The largest absolute Gasteiger partial charge is 0.464 e. The number of hydrogen-bond acceptors (Lipinski definition) is 3. The van der Waals surface area contributed by atoms with Crippen molar-refractivity contribution in [2.75, 3.05) is 18.4 Å². The molecule has 0 spiro atoms. The van der Waals surface area contributed by atoms with Gasteiger partial charge in [-0.3, -0.25) is 4.79 Å². The van der Waals surface area contributed by atoms with Crippen molar-refractivity contribution in [3.8, 4) is 0 Å². The van der Waals surface area contributed by atoms with Crippen molar-refractivity contribution in [1.82, 2.24) is 9.80 Å². The first kappa shape index (κ1) is 20.0. The van der Waals surface area contributed by atoms with E-state index in [-0.39, 0.29) is 18.0 Å². The Hall–Kier alpha value is -2.76. The molecular weight excluding hydrogens is 354 g/mol. The number of rotatable bonds is 4. The normalized spacial score (nSPS) is 14.8. The van der Waals surface area contributed by atoms with E-state index in [1.807, 2.05) is 54.0 Å². The van der Waals surface area contributed by atoms with Crippen molar-refractivity contribution in [2.24, 2.45) is 0 Å². The molecule has 0 bridgehead atoms. The van der Waals surface area contributed by atoms with Gasteiger partial charge in [0.25, 0.3) is 0 Å². The monoisotopic (exact) mass is 383 g/mol. The first-order valence-corrected chi connectivity index (χ1v) is 9.79. The minimum Gasteiger partial charge on any atom is -0.464 e. The molecule has 1 aliphatic rings.